The fourth-order valence-electron chi connectivity index (χ4n) is 2.28. The number of hydrogen-bond acceptors (Lipinski definition) is 3. The first kappa shape index (κ1) is 16.5. The van der Waals surface area contributed by atoms with Gasteiger partial charge in [0.2, 0.25) is 0 Å². The molecule has 0 aliphatic heterocycles. The lowest BCUT2D eigenvalue weighted by atomic mass is 10.0. The van der Waals surface area contributed by atoms with E-state index >= 15 is 0 Å². The van der Waals surface area contributed by atoms with Crippen molar-refractivity contribution in [3.8, 4) is 10.6 Å². The molecule has 21 heavy (non-hydrogen) atoms. The molecule has 4 heteroatoms. The molecule has 0 saturated heterocycles. The molecule has 0 aliphatic carbocycles. The fourth-order valence-corrected chi connectivity index (χ4v) is 3.39. The maximum absolute atomic E-state index is 5.86. The normalized spacial score (nSPS) is 13.1. The van der Waals surface area contributed by atoms with Crippen LogP contribution in [-0.2, 0) is 12.4 Å². The molecule has 1 heterocycles. The van der Waals surface area contributed by atoms with E-state index in [2.05, 4.69) is 62.0 Å². The summed E-state index contributed by atoms with van der Waals surface area (Å²) in [5.74, 6) is 1.12. The van der Waals surface area contributed by atoms with E-state index in [0.29, 0.717) is 17.8 Å². The summed E-state index contributed by atoms with van der Waals surface area (Å²) in [4.78, 5) is 7.02. The van der Waals surface area contributed by atoms with Gasteiger partial charge in [-0.05, 0) is 25.5 Å². The lowest BCUT2D eigenvalue weighted by molar-refractivity contribution is 0.201. The molecule has 0 bridgehead atoms. The van der Waals surface area contributed by atoms with Crippen molar-refractivity contribution in [2.24, 2.45) is 5.92 Å². The van der Waals surface area contributed by atoms with Gasteiger partial charge >= 0.3 is 0 Å². The minimum Gasteiger partial charge on any atom is -0.299 e. The molecule has 0 saturated carbocycles. The van der Waals surface area contributed by atoms with Crippen LogP contribution < -0.4 is 0 Å². The first-order valence-corrected chi connectivity index (χ1v) is 8.73. The lowest BCUT2D eigenvalue weighted by Crippen LogP contribution is -2.32. The van der Waals surface area contributed by atoms with Gasteiger partial charge in [0.1, 0.15) is 5.01 Å². The Balaban J connectivity index is 2.25. The number of benzene rings is 1. The van der Waals surface area contributed by atoms with Crippen LogP contribution in [0.3, 0.4) is 0 Å². The molecule has 1 unspecified atom stereocenters. The van der Waals surface area contributed by atoms with Crippen molar-refractivity contribution in [2.75, 3.05) is 7.05 Å². The van der Waals surface area contributed by atoms with E-state index < -0.39 is 0 Å². The SMILES string of the molecule is CC(C)C(C)N(C)Cc1ccccc1-c1nc(CCl)cs1. The second kappa shape index (κ2) is 7.39. The summed E-state index contributed by atoms with van der Waals surface area (Å²) in [5.41, 5.74) is 3.50. The van der Waals surface area contributed by atoms with Crippen molar-refractivity contribution in [2.45, 2.75) is 39.2 Å². The predicted octanol–water partition coefficient (Wildman–Crippen LogP) is 5.03. The quantitative estimate of drug-likeness (QED) is 0.694. The van der Waals surface area contributed by atoms with Crippen LogP contribution in [0.2, 0.25) is 0 Å². The molecule has 2 rings (SSSR count). The molecule has 2 aromatic rings. The highest BCUT2D eigenvalue weighted by Gasteiger charge is 2.16. The van der Waals surface area contributed by atoms with Gasteiger partial charge in [0, 0.05) is 23.5 Å². The number of halogens is 1. The molecule has 2 nitrogen and oxygen atoms in total. The Labute approximate surface area is 136 Å². The third-order valence-corrected chi connectivity index (χ3v) is 5.21. The Morgan fingerprint density at radius 1 is 1.24 bits per heavy atom. The zero-order valence-electron chi connectivity index (χ0n) is 13.1. The topological polar surface area (TPSA) is 16.1 Å². The van der Waals surface area contributed by atoms with Crippen molar-refractivity contribution in [1.82, 2.24) is 9.88 Å². The smallest absolute Gasteiger partial charge is 0.123 e. The van der Waals surface area contributed by atoms with Crippen LogP contribution >= 0.6 is 22.9 Å². The van der Waals surface area contributed by atoms with Gasteiger partial charge in [-0.25, -0.2) is 4.98 Å². The molecule has 0 aliphatic rings. The summed E-state index contributed by atoms with van der Waals surface area (Å²) in [5, 5.41) is 3.10. The molecule has 0 radical (unpaired) electrons. The van der Waals surface area contributed by atoms with Crippen molar-refractivity contribution < 1.29 is 0 Å². The Morgan fingerprint density at radius 3 is 2.57 bits per heavy atom. The number of hydrogen-bond donors (Lipinski definition) is 0. The van der Waals surface area contributed by atoms with E-state index in [9.17, 15) is 0 Å². The van der Waals surface area contributed by atoms with Gasteiger partial charge < -0.3 is 0 Å². The standard InChI is InChI=1S/C17H23ClN2S/c1-12(2)13(3)20(4)10-14-7-5-6-8-16(14)17-19-15(9-18)11-21-17/h5-8,11-13H,9-10H2,1-4H3. The Bertz CT molecular complexity index is 580. The Morgan fingerprint density at radius 2 is 1.95 bits per heavy atom. The largest absolute Gasteiger partial charge is 0.299 e. The second-order valence-corrected chi connectivity index (χ2v) is 6.96. The molecular formula is C17H23ClN2S. The summed E-state index contributed by atoms with van der Waals surface area (Å²) >= 11 is 7.53. The number of nitrogens with zero attached hydrogens (tertiary/aromatic N) is 2. The average molecular weight is 323 g/mol. The highest BCUT2D eigenvalue weighted by Crippen LogP contribution is 2.28. The van der Waals surface area contributed by atoms with Gasteiger partial charge in [-0.2, -0.15) is 0 Å². The van der Waals surface area contributed by atoms with E-state index in [1.165, 1.54) is 11.1 Å². The third-order valence-electron chi connectivity index (χ3n) is 4.02. The van der Waals surface area contributed by atoms with Gasteiger partial charge in [-0.15, -0.1) is 22.9 Å². The van der Waals surface area contributed by atoms with Gasteiger partial charge in [-0.1, -0.05) is 38.1 Å². The number of thiazole rings is 1. The molecule has 0 amide bonds. The summed E-state index contributed by atoms with van der Waals surface area (Å²) in [7, 11) is 2.19. The van der Waals surface area contributed by atoms with Crippen LogP contribution in [0, 0.1) is 5.92 Å². The maximum atomic E-state index is 5.86. The Hall–Kier alpha value is -0.900. The molecule has 114 valence electrons. The van der Waals surface area contributed by atoms with Crippen molar-refractivity contribution in [3.63, 3.8) is 0 Å². The number of rotatable bonds is 6. The molecule has 1 atom stereocenters. The molecular weight excluding hydrogens is 300 g/mol. The van der Waals surface area contributed by atoms with Crippen molar-refractivity contribution in [1.29, 1.82) is 0 Å². The summed E-state index contributed by atoms with van der Waals surface area (Å²) in [6.07, 6.45) is 0. The van der Waals surface area contributed by atoms with E-state index in [0.717, 1.165) is 17.2 Å². The number of aromatic nitrogens is 1. The maximum Gasteiger partial charge on any atom is 0.123 e. The van der Waals surface area contributed by atoms with Crippen LogP contribution in [0.25, 0.3) is 10.6 Å². The summed E-state index contributed by atoms with van der Waals surface area (Å²) in [6.45, 7) is 7.74. The minimum atomic E-state index is 0.475. The molecule has 1 aromatic heterocycles. The van der Waals surface area contributed by atoms with Gasteiger partial charge in [-0.3, -0.25) is 4.90 Å². The highest BCUT2D eigenvalue weighted by molar-refractivity contribution is 7.13. The first-order valence-electron chi connectivity index (χ1n) is 7.31. The van der Waals surface area contributed by atoms with Gasteiger partial charge in [0.15, 0.2) is 0 Å². The van der Waals surface area contributed by atoms with Gasteiger partial charge in [0.25, 0.3) is 0 Å². The van der Waals surface area contributed by atoms with E-state index in [-0.39, 0.29) is 0 Å². The summed E-state index contributed by atoms with van der Waals surface area (Å²) < 4.78 is 0. The minimum absolute atomic E-state index is 0.475. The third kappa shape index (κ3) is 4.06. The fraction of sp³-hybridized carbons (Fsp3) is 0.471. The molecule has 0 fully saturated rings. The van der Waals surface area contributed by atoms with Crippen LogP contribution in [0.1, 0.15) is 32.0 Å². The number of alkyl halides is 1. The average Bonchev–Trinajstić information content (AvgIpc) is 2.95. The van der Waals surface area contributed by atoms with Crippen LogP contribution in [0.15, 0.2) is 29.6 Å². The molecule has 0 N–H and O–H groups in total. The van der Waals surface area contributed by atoms with E-state index in [1.54, 1.807) is 11.3 Å². The highest BCUT2D eigenvalue weighted by atomic mass is 35.5. The zero-order chi connectivity index (χ0) is 15.4. The van der Waals surface area contributed by atoms with Crippen molar-refractivity contribution in [3.05, 3.63) is 40.9 Å². The zero-order valence-corrected chi connectivity index (χ0v) is 14.7. The predicted molar refractivity (Wildman–Crippen MR) is 92.9 cm³/mol. The van der Waals surface area contributed by atoms with Gasteiger partial charge in [0.05, 0.1) is 11.6 Å². The molecule has 1 aromatic carbocycles. The van der Waals surface area contributed by atoms with E-state index in [4.69, 9.17) is 11.6 Å². The molecule has 0 spiro atoms. The monoisotopic (exact) mass is 322 g/mol. The summed E-state index contributed by atoms with van der Waals surface area (Å²) in [6, 6.07) is 9.07. The lowest BCUT2D eigenvalue weighted by Gasteiger charge is -2.28. The van der Waals surface area contributed by atoms with Crippen LogP contribution in [-0.4, -0.2) is 23.0 Å². The van der Waals surface area contributed by atoms with Crippen molar-refractivity contribution >= 4 is 22.9 Å². The van der Waals surface area contributed by atoms with E-state index in [1.807, 2.05) is 5.38 Å². The Kier molecular flexibility index (Phi) is 5.80. The first-order chi connectivity index (χ1) is 10.0. The van der Waals surface area contributed by atoms with Crippen LogP contribution in [0.5, 0.6) is 0 Å². The van der Waals surface area contributed by atoms with Crippen LogP contribution in [0.4, 0.5) is 0 Å². The second-order valence-electron chi connectivity index (χ2n) is 5.83.